The van der Waals surface area contributed by atoms with E-state index in [1.807, 2.05) is 6.26 Å². The van der Waals surface area contributed by atoms with Crippen molar-refractivity contribution in [3.05, 3.63) is 18.2 Å². The van der Waals surface area contributed by atoms with Crippen LogP contribution in [0, 0.1) is 0 Å². The Kier molecular flexibility index (Phi) is 10.2. The summed E-state index contributed by atoms with van der Waals surface area (Å²) in [6, 6.07) is 3.72. The normalized spacial score (nSPS) is 12.9. The molecule has 11 heteroatoms. The molecule has 0 radical (unpaired) electrons. The summed E-state index contributed by atoms with van der Waals surface area (Å²) < 4.78 is 29.6. The maximum absolute atomic E-state index is 12.7. The molecule has 162 valence electrons. The van der Waals surface area contributed by atoms with E-state index in [1.54, 1.807) is 23.9 Å². The summed E-state index contributed by atoms with van der Waals surface area (Å²) in [6.07, 6.45) is 6.92. The molecule has 0 saturated carbocycles. The Labute approximate surface area is 184 Å². The van der Waals surface area contributed by atoms with Gasteiger partial charge in [-0.25, -0.2) is 18.9 Å². The van der Waals surface area contributed by atoms with E-state index >= 15 is 0 Å². The van der Waals surface area contributed by atoms with E-state index in [2.05, 4.69) is 16.6 Å². The summed E-state index contributed by atoms with van der Waals surface area (Å²) in [5.74, 6) is 0.802. The first kappa shape index (κ1) is 24.4. The van der Waals surface area contributed by atoms with Gasteiger partial charge in [0.15, 0.2) is 4.34 Å². The molecule has 1 atom stereocenters. The molecule has 0 aliphatic heterocycles. The van der Waals surface area contributed by atoms with Crippen molar-refractivity contribution in [2.24, 2.45) is 0 Å². The summed E-state index contributed by atoms with van der Waals surface area (Å²) in [7, 11) is -3.91. The zero-order valence-corrected chi connectivity index (χ0v) is 19.8. The number of hydrogen-bond donors (Lipinski definition) is 3. The average Bonchev–Trinajstić information content (AvgIpc) is 3.12. The number of benzene rings is 1. The number of fused-ring (bicyclic) bond motifs is 1. The number of nitrogens with zero attached hydrogens (tertiary/aromatic N) is 1. The third-order valence-corrected chi connectivity index (χ3v) is 8.57. The lowest BCUT2D eigenvalue weighted by molar-refractivity contribution is -0.130. The molecule has 1 aromatic carbocycles. The molecule has 2 rings (SSSR count). The zero-order valence-electron chi connectivity index (χ0n) is 16.5. The molecule has 1 heterocycles. The lowest BCUT2D eigenvalue weighted by atomic mass is 10.2. The van der Waals surface area contributed by atoms with Crippen molar-refractivity contribution in [1.82, 2.24) is 15.2 Å². The molecular formula is C18H27N3O4S4. The third-order valence-electron chi connectivity index (χ3n) is 4.21. The molecule has 0 aliphatic rings. The summed E-state index contributed by atoms with van der Waals surface area (Å²) in [5, 5.41) is 8.88. The van der Waals surface area contributed by atoms with E-state index in [-0.39, 0.29) is 11.3 Å². The van der Waals surface area contributed by atoms with Gasteiger partial charge < -0.3 is 0 Å². The molecule has 0 aliphatic carbocycles. The van der Waals surface area contributed by atoms with Gasteiger partial charge in [0.1, 0.15) is 6.04 Å². The molecule has 0 spiro atoms. The number of amides is 1. The topological polar surface area (TPSA) is 108 Å². The fourth-order valence-corrected chi connectivity index (χ4v) is 6.59. The van der Waals surface area contributed by atoms with Crippen LogP contribution in [0.5, 0.6) is 0 Å². The van der Waals surface area contributed by atoms with E-state index in [0.29, 0.717) is 5.75 Å². The monoisotopic (exact) mass is 477 g/mol. The van der Waals surface area contributed by atoms with Crippen molar-refractivity contribution in [2.45, 2.75) is 54.3 Å². The second-order valence-corrected chi connectivity index (χ2v) is 11.5. The van der Waals surface area contributed by atoms with E-state index in [0.717, 1.165) is 26.7 Å². The Morgan fingerprint density at radius 3 is 2.76 bits per heavy atom. The molecular weight excluding hydrogens is 450 g/mol. The van der Waals surface area contributed by atoms with E-state index in [4.69, 9.17) is 5.21 Å². The minimum absolute atomic E-state index is 0.0769. The van der Waals surface area contributed by atoms with Gasteiger partial charge in [-0.05, 0) is 43.0 Å². The van der Waals surface area contributed by atoms with Gasteiger partial charge >= 0.3 is 0 Å². The fourth-order valence-electron chi connectivity index (χ4n) is 2.61. The average molecular weight is 478 g/mol. The maximum Gasteiger partial charge on any atom is 0.261 e. The van der Waals surface area contributed by atoms with Crippen LogP contribution < -0.4 is 10.2 Å². The first-order valence-electron chi connectivity index (χ1n) is 9.40. The Balaban J connectivity index is 2.11. The molecule has 1 aromatic heterocycles. The highest BCUT2D eigenvalue weighted by atomic mass is 32.2. The van der Waals surface area contributed by atoms with Crippen LogP contribution in [0.4, 0.5) is 0 Å². The van der Waals surface area contributed by atoms with Gasteiger partial charge in [0.25, 0.3) is 5.91 Å². The quantitative estimate of drug-likeness (QED) is 0.174. The van der Waals surface area contributed by atoms with Gasteiger partial charge in [-0.1, -0.05) is 37.9 Å². The summed E-state index contributed by atoms with van der Waals surface area (Å²) in [6.45, 7) is 2.18. The highest BCUT2D eigenvalue weighted by molar-refractivity contribution is 8.01. The largest absolute Gasteiger partial charge is 0.289 e. The molecule has 29 heavy (non-hydrogen) atoms. The highest BCUT2D eigenvalue weighted by Crippen LogP contribution is 2.31. The number of unbranched alkanes of at least 4 members (excludes halogenated alkanes) is 3. The lowest BCUT2D eigenvalue weighted by Crippen LogP contribution is -2.46. The lowest BCUT2D eigenvalue weighted by Gasteiger charge is -2.16. The van der Waals surface area contributed by atoms with Crippen LogP contribution in [-0.2, 0) is 14.8 Å². The van der Waals surface area contributed by atoms with Gasteiger partial charge in [-0.2, -0.15) is 16.5 Å². The minimum atomic E-state index is -3.91. The number of hydrogen-bond acceptors (Lipinski definition) is 8. The van der Waals surface area contributed by atoms with Crippen molar-refractivity contribution in [3.8, 4) is 0 Å². The Hall–Kier alpha value is -0.850. The number of thiazole rings is 1. The minimum Gasteiger partial charge on any atom is -0.289 e. The van der Waals surface area contributed by atoms with Crippen LogP contribution in [0.25, 0.3) is 10.2 Å². The van der Waals surface area contributed by atoms with Crippen molar-refractivity contribution in [2.75, 3.05) is 17.8 Å². The number of hydroxylamine groups is 1. The standard InChI is InChI=1S/C18H27N3O4S4/c1-3-4-5-6-10-27-18-19-14-8-7-13(12-16(14)28-18)29(24,25)21-15(9-11-26-2)17(22)20-23/h7-8,12,15,21,23H,3-6,9-11H2,1-2H3,(H,20,22)/t15-/m1/s1. The summed E-state index contributed by atoms with van der Waals surface area (Å²) in [5.41, 5.74) is 2.29. The first-order chi connectivity index (χ1) is 13.9. The van der Waals surface area contributed by atoms with Crippen LogP contribution in [0.2, 0.25) is 0 Å². The second kappa shape index (κ2) is 12.1. The van der Waals surface area contributed by atoms with Crippen LogP contribution >= 0.6 is 34.9 Å². The molecule has 2 aromatic rings. The molecule has 0 bridgehead atoms. The zero-order chi connectivity index (χ0) is 21.3. The molecule has 3 N–H and O–H groups in total. The van der Waals surface area contributed by atoms with Gasteiger partial charge in [-0.3, -0.25) is 10.0 Å². The predicted molar refractivity (Wildman–Crippen MR) is 122 cm³/mol. The number of rotatable bonds is 13. The number of carbonyl (C=O) groups excluding carboxylic acids is 1. The molecule has 7 nitrogen and oxygen atoms in total. The van der Waals surface area contributed by atoms with Crippen LogP contribution in [-0.4, -0.2) is 48.3 Å². The van der Waals surface area contributed by atoms with Gasteiger partial charge in [0.05, 0.1) is 15.1 Å². The molecule has 0 fully saturated rings. The van der Waals surface area contributed by atoms with E-state index in [9.17, 15) is 13.2 Å². The van der Waals surface area contributed by atoms with Crippen molar-refractivity contribution in [1.29, 1.82) is 0 Å². The second-order valence-electron chi connectivity index (χ2n) is 6.45. The van der Waals surface area contributed by atoms with Crippen molar-refractivity contribution >= 4 is 61.0 Å². The fraction of sp³-hybridized carbons (Fsp3) is 0.556. The number of aromatic nitrogens is 1. The van der Waals surface area contributed by atoms with E-state index < -0.39 is 22.0 Å². The number of thioether (sulfide) groups is 2. The van der Waals surface area contributed by atoms with Crippen LogP contribution in [0.3, 0.4) is 0 Å². The van der Waals surface area contributed by atoms with Crippen molar-refractivity contribution < 1.29 is 18.4 Å². The number of nitrogens with one attached hydrogen (secondary N) is 2. The predicted octanol–water partition coefficient (Wildman–Crippen LogP) is 3.87. The molecule has 0 saturated heterocycles. The Morgan fingerprint density at radius 2 is 2.07 bits per heavy atom. The SMILES string of the molecule is CCCCCCSc1nc2ccc(S(=O)(=O)N[C@H](CCSC)C(=O)NO)cc2s1. The Morgan fingerprint density at radius 1 is 1.28 bits per heavy atom. The third kappa shape index (κ3) is 7.41. The summed E-state index contributed by atoms with van der Waals surface area (Å²) in [4.78, 5) is 16.4. The van der Waals surface area contributed by atoms with Gasteiger partial charge in [0.2, 0.25) is 10.0 Å². The van der Waals surface area contributed by atoms with Crippen LogP contribution in [0.15, 0.2) is 27.4 Å². The van der Waals surface area contributed by atoms with Gasteiger partial charge in [0, 0.05) is 5.75 Å². The molecule has 0 unspecified atom stereocenters. The summed E-state index contributed by atoms with van der Waals surface area (Å²) >= 11 is 4.66. The van der Waals surface area contributed by atoms with Crippen LogP contribution in [0.1, 0.15) is 39.0 Å². The molecule has 1 amide bonds. The highest BCUT2D eigenvalue weighted by Gasteiger charge is 2.25. The van der Waals surface area contributed by atoms with E-state index in [1.165, 1.54) is 53.9 Å². The number of sulfonamides is 1. The van der Waals surface area contributed by atoms with Crippen molar-refractivity contribution in [3.63, 3.8) is 0 Å². The smallest absolute Gasteiger partial charge is 0.261 e. The maximum atomic E-state index is 12.7. The van der Waals surface area contributed by atoms with Gasteiger partial charge in [-0.15, -0.1) is 11.3 Å². The number of carbonyl (C=O) groups is 1. The first-order valence-corrected chi connectivity index (χ1v) is 14.1. The Bertz CT molecular complexity index is 902.